The Labute approximate surface area is 128 Å². The first-order valence-electron chi connectivity index (χ1n) is 6.58. The fraction of sp³-hybridized carbons (Fsp3) is 0.235. The van der Waals surface area contributed by atoms with E-state index >= 15 is 0 Å². The van der Waals surface area contributed by atoms with Crippen LogP contribution in [0.3, 0.4) is 0 Å². The van der Waals surface area contributed by atoms with Crippen molar-refractivity contribution in [3.63, 3.8) is 0 Å². The van der Waals surface area contributed by atoms with Crippen LogP contribution in [-0.4, -0.2) is 10.2 Å². The molecule has 0 fully saturated rings. The molecule has 2 rings (SSSR count). The molecule has 0 saturated carbocycles. The molecule has 0 N–H and O–H groups in total. The summed E-state index contributed by atoms with van der Waals surface area (Å²) < 4.78 is -0.586. The fourth-order valence-corrected chi connectivity index (χ4v) is 2.19. The molecule has 2 nitrogen and oxygen atoms in total. The van der Waals surface area contributed by atoms with E-state index in [-0.39, 0.29) is 5.91 Å². The summed E-state index contributed by atoms with van der Waals surface area (Å²) in [5.41, 5.74) is 2.02. The summed E-state index contributed by atoms with van der Waals surface area (Å²) in [5, 5.41) is 0. The van der Waals surface area contributed by atoms with Gasteiger partial charge < -0.3 is 4.90 Å². The summed E-state index contributed by atoms with van der Waals surface area (Å²) in [4.78, 5) is 14.5. The number of nitrogens with zero attached hydrogens (tertiary/aromatic N) is 1. The summed E-state index contributed by atoms with van der Waals surface area (Å²) in [6, 6.07) is 19.8. The Bertz CT molecular complexity index is 561. The number of carbonyl (C=O) groups is 1. The smallest absolute Gasteiger partial charge is 0.243 e. The van der Waals surface area contributed by atoms with E-state index < -0.39 is 4.32 Å². The van der Waals surface area contributed by atoms with Crippen molar-refractivity contribution < 1.29 is 4.79 Å². The molecule has 2 aromatic carbocycles. The molecule has 0 heterocycles. The highest BCUT2D eigenvalue weighted by molar-refractivity contribution is 9.10. The first-order chi connectivity index (χ1) is 9.48. The van der Waals surface area contributed by atoms with Gasteiger partial charge in [-0.15, -0.1) is 0 Å². The van der Waals surface area contributed by atoms with Crippen LogP contribution in [0.15, 0.2) is 60.7 Å². The van der Waals surface area contributed by atoms with Crippen molar-refractivity contribution in [3.05, 3.63) is 66.2 Å². The van der Waals surface area contributed by atoms with E-state index in [4.69, 9.17) is 0 Å². The van der Waals surface area contributed by atoms with Gasteiger partial charge in [-0.25, -0.2) is 0 Å². The topological polar surface area (TPSA) is 20.3 Å². The van der Waals surface area contributed by atoms with Crippen LogP contribution in [0.5, 0.6) is 0 Å². The number of hydrogen-bond acceptors (Lipinski definition) is 1. The highest BCUT2D eigenvalue weighted by Gasteiger charge is 2.30. The van der Waals surface area contributed by atoms with Gasteiger partial charge in [0.1, 0.15) is 0 Å². The molecule has 2 aromatic rings. The third kappa shape index (κ3) is 3.70. The number of alkyl halides is 1. The van der Waals surface area contributed by atoms with Gasteiger partial charge in [0.15, 0.2) is 0 Å². The summed E-state index contributed by atoms with van der Waals surface area (Å²) in [6.07, 6.45) is 0. The van der Waals surface area contributed by atoms with Crippen LogP contribution in [-0.2, 0) is 11.3 Å². The Balaban J connectivity index is 2.33. The van der Waals surface area contributed by atoms with Crippen molar-refractivity contribution in [1.29, 1.82) is 0 Å². The van der Waals surface area contributed by atoms with E-state index in [0.717, 1.165) is 11.3 Å². The van der Waals surface area contributed by atoms with Crippen molar-refractivity contribution in [2.24, 2.45) is 0 Å². The number of benzene rings is 2. The van der Waals surface area contributed by atoms with Gasteiger partial charge >= 0.3 is 0 Å². The number of halogens is 1. The molecule has 0 atom stereocenters. The van der Waals surface area contributed by atoms with Gasteiger partial charge in [0.25, 0.3) is 0 Å². The van der Waals surface area contributed by atoms with Crippen LogP contribution in [0.2, 0.25) is 0 Å². The van der Waals surface area contributed by atoms with Crippen LogP contribution >= 0.6 is 15.9 Å². The standard InChI is InChI=1S/C17H18BrNO/c1-17(2,18)16(20)19(15-11-7-4-8-12-15)13-14-9-5-3-6-10-14/h3-12H,13H2,1-2H3. The normalized spacial score (nSPS) is 11.2. The van der Waals surface area contributed by atoms with E-state index in [1.165, 1.54) is 0 Å². The lowest BCUT2D eigenvalue weighted by Crippen LogP contribution is -2.41. The minimum absolute atomic E-state index is 0.0487. The quantitative estimate of drug-likeness (QED) is 0.760. The van der Waals surface area contributed by atoms with Gasteiger partial charge in [0.2, 0.25) is 5.91 Å². The number of rotatable bonds is 4. The Morgan fingerprint density at radius 1 is 1.00 bits per heavy atom. The minimum Gasteiger partial charge on any atom is -0.307 e. The molecular weight excluding hydrogens is 314 g/mol. The summed E-state index contributed by atoms with van der Waals surface area (Å²) in [5.74, 6) is 0.0487. The fourth-order valence-electron chi connectivity index (χ4n) is 1.98. The molecule has 0 spiro atoms. The minimum atomic E-state index is -0.586. The molecule has 0 aliphatic heterocycles. The third-order valence-electron chi connectivity index (χ3n) is 3.01. The number of hydrogen-bond donors (Lipinski definition) is 0. The second-order valence-electron chi connectivity index (χ2n) is 5.18. The maximum absolute atomic E-state index is 12.6. The molecular formula is C17H18BrNO. The molecule has 104 valence electrons. The Kier molecular flexibility index (Phi) is 4.61. The van der Waals surface area contributed by atoms with Crippen LogP contribution in [0.1, 0.15) is 19.4 Å². The number of anilines is 1. The van der Waals surface area contributed by atoms with Gasteiger partial charge in [-0.1, -0.05) is 64.5 Å². The maximum Gasteiger partial charge on any atom is 0.243 e. The van der Waals surface area contributed by atoms with E-state index in [1.807, 2.05) is 79.4 Å². The molecule has 3 heteroatoms. The molecule has 0 unspecified atom stereocenters. The predicted octanol–water partition coefficient (Wildman–Crippen LogP) is 4.39. The first-order valence-corrected chi connectivity index (χ1v) is 7.37. The molecule has 0 bridgehead atoms. The molecule has 0 saturated heterocycles. The highest BCUT2D eigenvalue weighted by atomic mass is 79.9. The van der Waals surface area contributed by atoms with E-state index in [1.54, 1.807) is 0 Å². The van der Waals surface area contributed by atoms with Crippen molar-refractivity contribution in [2.75, 3.05) is 4.90 Å². The molecule has 0 aromatic heterocycles. The maximum atomic E-state index is 12.6. The van der Waals surface area contributed by atoms with Crippen LogP contribution < -0.4 is 4.90 Å². The van der Waals surface area contributed by atoms with E-state index in [0.29, 0.717) is 6.54 Å². The third-order valence-corrected chi connectivity index (χ3v) is 3.34. The molecule has 0 aliphatic carbocycles. The second kappa shape index (κ2) is 6.23. The van der Waals surface area contributed by atoms with Gasteiger partial charge in [0, 0.05) is 5.69 Å². The first kappa shape index (κ1) is 14.8. The van der Waals surface area contributed by atoms with E-state index in [2.05, 4.69) is 15.9 Å². The molecule has 0 aliphatic rings. The average Bonchev–Trinajstić information content (AvgIpc) is 2.45. The average molecular weight is 332 g/mol. The summed E-state index contributed by atoms with van der Waals surface area (Å²) >= 11 is 3.46. The van der Waals surface area contributed by atoms with Crippen molar-refractivity contribution in [3.8, 4) is 0 Å². The zero-order valence-corrected chi connectivity index (χ0v) is 13.3. The molecule has 1 amide bonds. The monoisotopic (exact) mass is 331 g/mol. The van der Waals surface area contributed by atoms with Gasteiger partial charge in [-0.3, -0.25) is 4.79 Å². The summed E-state index contributed by atoms with van der Waals surface area (Å²) in [7, 11) is 0. The SMILES string of the molecule is CC(C)(Br)C(=O)N(Cc1ccccc1)c1ccccc1. The van der Waals surface area contributed by atoms with Gasteiger partial charge in [0.05, 0.1) is 10.9 Å². The predicted molar refractivity (Wildman–Crippen MR) is 87.1 cm³/mol. The van der Waals surface area contributed by atoms with Crippen molar-refractivity contribution in [2.45, 2.75) is 24.7 Å². The number of amides is 1. The lowest BCUT2D eigenvalue weighted by atomic mass is 10.1. The van der Waals surface area contributed by atoms with E-state index in [9.17, 15) is 4.79 Å². The van der Waals surface area contributed by atoms with Crippen LogP contribution in [0.25, 0.3) is 0 Å². The lowest BCUT2D eigenvalue weighted by Gasteiger charge is -2.28. The molecule has 0 radical (unpaired) electrons. The van der Waals surface area contributed by atoms with Crippen LogP contribution in [0.4, 0.5) is 5.69 Å². The van der Waals surface area contributed by atoms with Crippen molar-refractivity contribution >= 4 is 27.5 Å². The highest BCUT2D eigenvalue weighted by Crippen LogP contribution is 2.25. The van der Waals surface area contributed by atoms with Gasteiger partial charge in [-0.2, -0.15) is 0 Å². The largest absolute Gasteiger partial charge is 0.307 e. The Morgan fingerprint density at radius 3 is 2.00 bits per heavy atom. The van der Waals surface area contributed by atoms with Crippen molar-refractivity contribution in [1.82, 2.24) is 0 Å². The summed E-state index contributed by atoms with van der Waals surface area (Å²) in [6.45, 7) is 4.31. The zero-order valence-electron chi connectivity index (χ0n) is 11.7. The zero-order chi connectivity index (χ0) is 14.6. The Morgan fingerprint density at radius 2 is 1.50 bits per heavy atom. The number of carbonyl (C=O) groups excluding carboxylic acids is 1. The lowest BCUT2D eigenvalue weighted by molar-refractivity contribution is -0.120. The Hall–Kier alpha value is -1.61. The van der Waals surface area contributed by atoms with Gasteiger partial charge in [-0.05, 0) is 31.5 Å². The second-order valence-corrected chi connectivity index (χ2v) is 7.17. The van der Waals surface area contributed by atoms with Crippen LogP contribution in [0, 0.1) is 0 Å². The number of para-hydroxylation sites is 1. The molecule has 20 heavy (non-hydrogen) atoms.